The molecule has 118 valence electrons. The fourth-order valence-corrected chi connectivity index (χ4v) is 2.90. The molecule has 2 unspecified atom stereocenters. The van der Waals surface area contributed by atoms with Crippen LogP contribution in [0.3, 0.4) is 0 Å². The zero-order valence-electron chi connectivity index (χ0n) is 13.1. The van der Waals surface area contributed by atoms with E-state index in [1.54, 1.807) is 19.1 Å². The second kappa shape index (κ2) is 6.62. The first-order chi connectivity index (χ1) is 9.92. The van der Waals surface area contributed by atoms with Crippen molar-refractivity contribution in [3.05, 3.63) is 24.2 Å². The summed E-state index contributed by atoms with van der Waals surface area (Å²) >= 11 is 0. The van der Waals surface area contributed by atoms with E-state index in [2.05, 4.69) is 24.1 Å². The Hall–Kier alpha value is -1.33. The van der Waals surface area contributed by atoms with Gasteiger partial charge in [0.15, 0.2) is 0 Å². The van der Waals surface area contributed by atoms with Crippen molar-refractivity contribution < 1.29 is 14.3 Å². The first-order valence-electron chi connectivity index (χ1n) is 7.71. The zero-order valence-corrected chi connectivity index (χ0v) is 13.1. The van der Waals surface area contributed by atoms with Gasteiger partial charge < -0.3 is 14.8 Å². The summed E-state index contributed by atoms with van der Waals surface area (Å²) in [5.74, 6) is 0.461. The smallest absolute Gasteiger partial charge is 0.237 e. The molecule has 0 aliphatic carbocycles. The number of carbonyl (C=O) groups excluding carboxylic acids is 1. The van der Waals surface area contributed by atoms with Crippen LogP contribution in [0.5, 0.6) is 0 Å². The molecule has 1 aliphatic rings. The van der Waals surface area contributed by atoms with Crippen molar-refractivity contribution >= 4 is 5.91 Å². The molecule has 2 atom stereocenters. The molecule has 1 aromatic heterocycles. The molecule has 1 amide bonds. The maximum Gasteiger partial charge on any atom is 0.237 e. The molecule has 5 nitrogen and oxygen atoms in total. The van der Waals surface area contributed by atoms with Crippen molar-refractivity contribution in [2.45, 2.75) is 57.7 Å². The molecule has 21 heavy (non-hydrogen) atoms. The van der Waals surface area contributed by atoms with Crippen molar-refractivity contribution in [1.29, 1.82) is 0 Å². The molecule has 1 aromatic rings. The summed E-state index contributed by atoms with van der Waals surface area (Å²) in [5, 5.41) is 13.3. The Morgan fingerprint density at radius 3 is 2.95 bits per heavy atom. The summed E-state index contributed by atoms with van der Waals surface area (Å²) in [6.07, 6.45) is 4.63. The third-order valence-electron chi connectivity index (χ3n) is 4.17. The minimum absolute atomic E-state index is 0.00442. The van der Waals surface area contributed by atoms with Gasteiger partial charge in [0, 0.05) is 6.04 Å². The third kappa shape index (κ3) is 3.86. The Bertz CT molecular complexity index is 454. The van der Waals surface area contributed by atoms with Gasteiger partial charge in [0.1, 0.15) is 11.4 Å². The number of nitrogens with zero attached hydrogens (tertiary/aromatic N) is 1. The van der Waals surface area contributed by atoms with Gasteiger partial charge in [0.05, 0.1) is 18.8 Å². The van der Waals surface area contributed by atoms with Gasteiger partial charge >= 0.3 is 0 Å². The Kier molecular flexibility index (Phi) is 5.06. The number of hydrogen-bond acceptors (Lipinski definition) is 4. The zero-order chi connectivity index (χ0) is 15.5. The number of piperidine rings is 1. The molecule has 0 aromatic carbocycles. The van der Waals surface area contributed by atoms with Gasteiger partial charge in [-0.15, -0.1) is 0 Å². The monoisotopic (exact) mass is 294 g/mol. The minimum Gasteiger partial charge on any atom is -0.466 e. The summed E-state index contributed by atoms with van der Waals surface area (Å²) in [7, 11) is 0. The van der Waals surface area contributed by atoms with Gasteiger partial charge in [0.25, 0.3) is 0 Å². The maximum absolute atomic E-state index is 12.4. The highest BCUT2D eigenvalue weighted by molar-refractivity contribution is 5.82. The van der Waals surface area contributed by atoms with E-state index in [4.69, 9.17) is 4.42 Å². The SMILES string of the molecule is CC(C)N1CCCCC1C(=O)NCC(C)(O)c1ccco1. The number of amides is 1. The third-order valence-corrected chi connectivity index (χ3v) is 4.17. The number of nitrogens with one attached hydrogen (secondary N) is 1. The van der Waals surface area contributed by atoms with E-state index < -0.39 is 5.60 Å². The van der Waals surface area contributed by atoms with Crippen molar-refractivity contribution in [3.8, 4) is 0 Å². The van der Waals surface area contributed by atoms with E-state index in [0.717, 1.165) is 25.8 Å². The van der Waals surface area contributed by atoms with Crippen molar-refractivity contribution in [1.82, 2.24) is 10.2 Å². The van der Waals surface area contributed by atoms with Crippen LogP contribution in [0.15, 0.2) is 22.8 Å². The predicted molar refractivity (Wildman–Crippen MR) is 80.8 cm³/mol. The van der Waals surface area contributed by atoms with Crippen LogP contribution in [0.25, 0.3) is 0 Å². The number of rotatable bonds is 5. The molecular weight excluding hydrogens is 268 g/mol. The number of carbonyl (C=O) groups is 1. The predicted octanol–water partition coefficient (Wildman–Crippen LogP) is 1.87. The van der Waals surface area contributed by atoms with Crippen molar-refractivity contribution in [2.75, 3.05) is 13.1 Å². The molecule has 0 saturated carbocycles. The van der Waals surface area contributed by atoms with Gasteiger partial charge in [-0.1, -0.05) is 6.42 Å². The Balaban J connectivity index is 1.94. The van der Waals surface area contributed by atoms with E-state index in [1.807, 2.05) is 0 Å². The summed E-state index contributed by atoms with van der Waals surface area (Å²) in [4.78, 5) is 14.7. The molecular formula is C16H26N2O3. The summed E-state index contributed by atoms with van der Waals surface area (Å²) < 4.78 is 5.22. The lowest BCUT2D eigenvalue weighted by Crippen LogP contribution is -2.53. The maximum atomic E-state index is 12.4. The van der Waals surface area contributed by atoms with Gasteiger partial charge in [-0.05, 0) is 52.3 Å². The van der Waals surface area contributed by atoms with E-state index in [-0.39, 0.29) is 18.5 Å². The average molecular weight is 294 g/mol. The van der Waals surface area contributed by atoms with Crippen LogP contribution in [0.2, 0.25) is 0 Å². The molecule has 0 radical (unpaired) electrons. The van der Waals surface area contributed by atoms with Crippen molar-refractivity contribution in [3.63, 3.8) is 0 Å². The second-order valence-corrected chi connectivity index (χ2v) is 6.31. The fraction of sp³-hybridized carbons (Fsp3) is 0.688. The Morgan fingerprint density at radius 2 is 2.33 bits per heavy atom. The molecule has 0 bridgehead atoms. The first kappa shape index (κ1) is 16.0. The van der Waals surface area contributed by atoms with E-state index >= 15 is 0 Å². The van der Waals surface area contributed by atoms with Crippen LogP contribution in [0.4, 0.5) is 0 Å². The largest absolute Gasteiger partial charge is 0.466 e. The van der Waals surface area contributed by atoms with Gasteiger partial charge in [-0.3, -0.25) is 9.69 Å². The molecule has 2 heterocycles. The molecule has 5 heteroatoms. The van der Waals surface area contributed by atoms with E-state index in [1.165, 1.54) is 6.26 Å². The fourth-order valence-electron chi connectivity index (χ4n) is 2.90. The Morgan fingerprint density at radius 1 is 1.57 bits per heavy atom. The lowest BCUT2D eigenvalue weighted by molar-refractivity contribution is -0.129. The van der Waals surface area contributed by atoms with Gasteiger partial charge in [0.2, 0.25) is 5.91 Å². The highest BCUT2D eigenvalue weighted by Crippen LogP contribution is 2.22. The normalized spacial score (nSPS) is 23.0. The quantitative estimate of drug-likeness (QED) is 0.870. The average Bonchev–Trinajstić information content (AvgIpc) is 3.00. The van der Waals surface area contributed by atoms with E-state index in [0.29, 0.717) is 11.8 Å². The van der Waals surface area contributed by atoms with Crippen LogP contribution in [-0.2, 0) is 10.4 Å². The highest BCUT2D eigenvalue weighted by Gasteiger charge is 2.32. The van der Waals surface area contributed by atoms with E-state index in [9.17, 15) is 9.90 Å². The summed E-state index contributed by atoms with van der Waals surface area (Å²) in [6.45, 7) is 6.99. The molecule has 1 saturated heterocycles. The lowest BCUT2D eigenvalue weighted by atomic mass is 9.98. The minimum atomic E-state index is -1.18. The van der Waals surface area contributed by atoms with Crippen LogP contribution >= 0.6 is 0 Å². The highest BCUT2D eigenvalue weighted by atomic mass is 16.4. The van der Waals surface area contributed by atoms with Crippen LogP contribution in [0.1, 0.15) is 45.8 Å². The molecule has 2 N–H and O–H groups in total. The number of likely N-dealkylation sites (tertiary alicyclic amines) is 1. The first-order valence-corrected chi connectivity index (χ1v) is 7.71. The molecule has 2 rings (SSSR count). The Labute approximate surface area is 126 Å². The number of furan rings is 1. The van der Waals surface area contributed by atoms with Crippen LogP contribution < -0.4 is 5.32 Å². The lowest BCUT2D eigenvalue weighted by Gasteiger charge is -2.37. The van der Waals surface area contributed by atoms with Crippen molar-refractivity contribution in [2.24, 2.45) is 0 Å². The standard InChI is InChI=1S/C16H26N2O3/c1-12(2)18-9-5-4-7-13(18)15(19)17-11-16(3,20)14-8-6-10-21-14/h6,8,10,12-13,20H,4-5,7,9,11H2,1-3H3,(H,17,19). The van der Waals surface area contributed by atoms with Gasteiger partial charge in [-0.2, -0.15) is 0 Å². The van der Waals surface area contributed by atoms with Gasteiger partial charge in [-0.25, -0.2) is 0 Å². The second-order valence-electron chi connectivity index (χ2n) is 6.31. The number of hydrogen-bond donors (Lipinski definition) is 2. The topological polar surface area (TPSA) is 65.7 Å². The summed E-state index contributed by atoms with van der Waals surface area (Å²) in [5.41, 5.74) is -1.18. The van der Waals surface area contributed by atoms with Crippen LogP contribution in [-0.4, -0.2) is 41.1 Å². The summed E-state index contributed by atoms with van der Waals surface area (Å²) in [6, 6.07) is 3.71. The molecule has 1 aliphatic heterocycles. The molecule has 1 fully saturated rings. The van der Waals surface area contributed by atoms with Crippen LogP contribution in [0, 0.1) is 0 Å². The molecule has 0 spiro atoms. The number of aliphatic hydroxyl groups is 1.